The largest absolute Gasteiger partial charge is 0.457 e. The first-order valence-corrected chi connectivity index (χ1v) is 10.1. The maximum absolute atomic E-state index is 5.85. The minimum Gasteiger partial charge on any atom is -0.457 e. The molecule has 122 valence electrons. The Morgan fingerprint density at radius 3 is 1.67 bits per heavy atom. The monoisotopic (exact) mass is 431 g/mol. The molecule has 0 bridgehead atoms. The molecule has 3 aromatic carbocycles. The molecule has 2 nitrogen and oxygen atoms in total. The summed E-state index contributed by atoms with van der Waals surface area (Å²) in [6.45, 7) is 0. The first-order chi connectivity index (χ1) is 11.5. The Bertz CT molecular complexity index is 775. The third-order valence-corrected chi connectivity index (χ3v) is 6.30. The zero-order chi connectivity index (χ0) is 17.0. The van der Waals surface area contributed by atoms with E-state index in [-0.39, 0.29) is 21.2 Å². The molecule has 0 spiro atoms. The Balaban J connectivity index is 1.66. The number of nitrogens with zero attached hydrogens (tertiary/aromatic N) is 1. The highest BCUT2D eigenvalue weighted by Crippen LogP contribution is 2.19. The van der Waals surface area contributed by atoms with Gasteiger partial charge in [-0.2, -0.15) is 0 Å². The van der Waals surface area contributed by atoms with Crippen molar-refractivity contribution >= 4 is 5.69 Å². The van der Waals surface area contributed by atoms with Crippen LogP contribution < -0.4 is 30.4 Å². The van der Waals surface area contributed by atoms with E-state index in [2.05, 4.69) is 69.7 Å². The lowest BCUT2D eigenvalue weighted by atomic mass is 10.3. The molecule has 0 atom stereocenters. The van der Waals surface area contributed by atoms with Crippen molar-refractivity contribution in [2.75, 3.05) is 21.1 Å². The Labute approximate surface area is 154 Å². The third kappa shape index (κ3) is 4.58. The second kappa shape index (κ2) is 7.36. The Morgan fingerprint density at radius 2 is 1.12 bits per heavy atom. The van der Waals surface area contributed by atoms with E-state index >= 15 is 0 Å². The van der Waals surface area contributed by atoms with Crippen LogP contribution in [0, 0.1) is 7.14 Å². The Kier molecular flexibility index (Phi) is 5.21. The van der Waals surface area contributed by atoms with Crippen LogP contribution in [0.2, 0.25) is 0 Å². The number of para-hydroxylation sites is 1. The van der Waals surface area contributed by atoms with Crippen LogP contribution in [-0.2, 0) is 0 Å². The van der Waals surface area contributed by atoms with Crippen LogP contribution in [0.15, 0.2) is 78.9 Å². The maximum atomic E-state index is 5.85. The van der Waals surface area contributed by atoms with E-state index in [4.69, 9.17) is 4.74 Å². The quantitative estimate of drug-likeness (QED) is 0.443. The fraction of sp³-hybridized carbons (Fsp3) is 0.143. The molecular weight excluding hydrogens is 409 g/mol. The van der Waals surface area contributed by atoms with Gasteiger partial charge in [-0.15, -0.1) is 0 Å². The summed E-state index contributed by atoms with van der Waals surface area (Å²) in [4.78, 5) is 0. The summed E-state index contributed by atoms with van der Waals surface area (Å²) in [6.07, 6.45) is 0. The summed E-state index contributed by atoms with van der Waals surface area (Å²) in [7, 11) is 6.57. The number of halogens is 1. The normalized spacial score (nSPS) is 11.3. The molecule has 0 aliphatic rings. The predicted octanol–water partition coefficient (Wildman–Crippen LogP) is 1.80. The van der Waals surface area contributed by atoms with Crippen molar-refractivity contribution in [2.45, 2.75) is 0 Å². The molecule has 0 aliphatic carbocycles. The first-order valence-electron chi connectivity index (χ1n) is 7.90. The molecule has 3 rings (SSSR count). The summed E-state index contributed by atoms with van der Waals surface area (Å²) >= 11 is -0.157. The van der Waals surface area contributed by atoms with E-state index in [0.29, 0.717) is 0 Å². The van der Waals surface area contributed by atoms with Gasteiger partial charge in [0.25, 0.3) is 0 Å². The first kappa shape index (κ1) is 17.0. The molecule has 0 N–H and O–H groups in total. The van der Waals surface area contributed by atoms with Gasteiger partial charge in [-0.3, -0.25) is 4.48 Å². The van der Waals surface area contributed by atoms with E-state index in [1.807, 2.05) is 30.3 Å². The number of hydrogen-bond donors (Lipinski definition) is 0. The van der Waals surface area contributed by atoms with Gasteiger partial charge in [-0.1, -0.05) is 18.2 Å². The lowest BCUT2D eigenvalue weighted by Crippen LogP contribution is -3.61. The maximum Gasteiger partial charge on any atom is 0.357 e. The van der Waals surface area contributed by atoms with Crippen molar-refractivity contribution in [2.24, 2.45) is 0 Å². The fourth-order valence-electron chi connectivity index (χ4n) is 2.27. The van der Waals surface area contributed by atoms with Crippen LogP contribution >= 0.6 is 0 Å². The molecule has 0 unspecified atom stereocenters. The second-order valence-corrected chi connectivity index (χ2v) is 9.48. The van der Waals surface area contributed by atoms with Crippen LogP contribution in [0.3, 0.4) is 0 Å². The lowest BCUT2D eigenvalue weighted by molar-refractivity contribution is -0.597. The number of hydrogen-bond acceptors (Lipinski definition) is 1. The summed E-state index contributed by atoms with van der Waals surface area (Å²) in [5.74, 6) is 1.75. The van der Waals surface area contributed by atoms with E-state index in [9.17, 15) is 0 Å². The molecule has 0 amide bonds. The van der Waals surface area contributed by atoms with Crippen molar-refractivity contribution in [3.63, 3.8) is 0 Å². The van der Waals surface area contributed by atoms with Crippen molar-refractivity contribution < 1.29 is 25.9 Å². The highest BCUT2D eigenvalue weighted by atomic mass is 127. The van der Waals surface area contributed by atoms with E-state index < -0.39 is 0 Å². The minimum atomic E-state index is -0.157. The average Bonchev–Trinajstić information content (AvgIpc) is 2.57. The molecule has 0 radical (unpaired) electrons. The minimum absolute atomic E-state index is 0.157. The number of benzene rings is 3. The molecule has 0 aromatic heterocycles. The average molecular weight is 431 g/mol. The topological polar surface area (TPSA) is 9.23 Å². The van der Waals surface area contributed by atoms with Crippen LogP contribution in [0.25, 0.3) is 0 Å². The van der Waals surface area contributed by atoms with Gasteiger partial charge >= 0.3 is 21.2 Å². The fourth-order valence-corrected chi connectivity index (χ4v) is 4.43. The standard InChI is InChI=1S/C21H22INO/c1-23(2,3)19-13-9-17(10-14-19)22-18-11-15-21(16-12-18)24-20-7-5-4-6-8-20/h4-16H,1-3H3/q+2. The summed E-state index contributed by atoms with van der Waals surface area (Å²) in [5, 5.41) is 0. The van der Waals surface area contributed by atoms with Gasteiger partial charge < -0.3 is 4.74 Å². The molecule has 3 aromatic rings. The highest BCUT2D eigenvalue weighted by Gasteiger charge is 2.18. The Hall–Kier alpha value is -1.85. The lowest BCUT2D eigenvalue weighted by Gasteiger charge is -2.22. The molecule has 0 saturated carbocycles. The molecular formula is C21H22INO+2. The molecule has 0 fully saturated rings. The zero-order valence-electron chi connectivity index (χ0n) is 14.2. The predicted molar refractivity (Wildman–Crippen MR) is 96.4 cm³/mol. The zero-order valence-corrected chi connectivity index (χ0v) is 16.4. The number of rotatable bonds is 5. The van der Waals surface area contributed by atoms with Gasteiger partial charge in [0.15, 0.2) is 7.14 Å². The molecule has 0 heterocycles. The van der Waals surface area contributed by atoms with Gasteiger partial charge in [0.05, 0.1) is 21.1 Å². The van der Waals surface area contributed by atoms with Gasteiger partial charge in [-0.05, 0) is 48.5 Å². The van der Waals surface area contributed by atoms with Crippen molar-refractivity contribution in [3.05, 3.63) is 86.0 Å². The van der Waals surface area contributed by atoms with Crippen LogP contribution in [0.5, 0.6) is 11.5 Å². The third-order valence-electron chi connectivity index (χ3n) is 3.61. The van der Waals surface area contributed by atoms with Crippen LogP contribution in [0.1, 0.15) is 0 Å². The number of ether oxygens (including phenoxy) is 1. The molecule has 0 saturated heterocycles. The van der Waals surface area contributed by atoms with Gasteiger partial charge in [0, 0.05) is 12.1 Å². The molecule has 3 heteroatoms. The van der Waals surface area contributed by atoms with E-state index in [0.717, 1.165) is 16.0 Å². The van der Waals surface area contributed by atoms with Crippen molar-refractivity contribution in [1.82, 2.24) is 4.48 Å². The summed E-state index contributed by atoms with van der Waals surface area (Å²) in [6, 6.07) is 27.4. The van der Waals surface area contributed by atoms with Crippen LogP contribution in [-0.4, -0.2) is 21.1 Å². The van der Waals surface area contributed by atoms with E-state index in [1.165, 1.54) is 12.8 Å². The van der Waals surface area contributed by atoms with Gasteiger partial charge in [0.1, 0.15) is 17.2 Å². The summed E-state index contributed by atoms with van der Waals surface area (Å²) in [5.41, 5.74) is 1.33. The molecule has 0 aliphatic heterocycles. The Morgan fingerprint density at radius 1 is 0.625 bits per heavy atom. The van der Waals surface area contributed by atoms with E-state index in [1.54, 1.807) is 0 Å². The van der Waals surface area contributed by atoms with Gasteiger partial charge in [0.2, 0.25) is 0 Å². The smallest absolute Gasteiger partial charge is 0.357 e. The second-order valence-electron chi connectivity index (χ2n) is 6.45. The number of quaternary nitrogens is 1. The SMILES string of the molecule is C[N+](C)(C)c1ccc([I+]c2ccc(Oc3ccccc3)cc2)cc1. The molecule has 24 heavy (non-hydrogen) atoms. The van der Waals surface area contributed by atoms with Crippen molar-refractivity contribution in [3.8, 4) is 11.5 Å². The van der Waals surface area contributed by atoms with Crippen molar-refractivity contribution in [1.29, 1.82) is 0 Å². The van der Waals surface area contributed by atoms with Crippen LogP contribution in [0.4, 0.5) is 5.69 Å². The summed E-state index contributed by atoms with van der Waals surface area (Å²) < 4.78 is 9.53. The van der Waals surface area contributed by atoms with Gasteiger partial charge in [-0.25, -0.2) is 0 Å². The highest BCUT2D eigenvalue weighted by molar-refractivity contribution is 5.40.